The summed E-state index contributed by atoms with van der Waals surface area (Å²) in [4.78, 5) is 51.1. The SMILES string of the molecule is Cc1[nH]n(-c2ccccc2)c(=O)c1C(c1ccc(OC(=O)c2ccc([N+](=O)[O-])cc2)cc1)c1c(C)[nH]n(-c2ccccc2)c1=O. The molecule has 0 radical (unpaired) electrons. The number of carbonyl (C=O) groups is 1. The Morgan fingerprint density at radius 3 is 1.62 bits per heavy atom. The Labute approximate surface area is 256 Å². The van der Waals surface area contributed by atoms with Gasteiger partial charge < -0.3 is 4.74 Å². The van der Waals surface area contributed by atoms with Crippen LogP contribution in [0.4, 0.5) is 5.69 Å². The zero-order valence-corrected chi connectivity index (χ0v) is 24.3. The van der Waals surface area contributed by atoms with E-state index in [4.69, 9.17) is 4.74 Å². The lowest BCUT2D eigenvalue weighted by Gasteiger charge is -2.16. The van der Waals surface area contributed by atoms with E-state index in [0.29, 0.717) is 39.5 Å². The number of nitro benzene ring substituents is 1. The highest BCUT2D eigenvalue weighted by Gasteiger charge is 2.31. The van der Waals surface area contributed by atoms with Gasteiger partial charge in [-0.1, -0.05) is 48.5 Å². The summed E-state index contributed by atoms with van der Waals surface area (Å²) >= 11 is 0. The summed E-state index contributed by atoms with van der Waals surface area (Å²) in [5.74, 6) is -1.23. The van der Waals surface area contributed by atoms with Crippen molar-refractivity contribution in [3.8, 4) is 17.1 Å². The van der Waals surface area contributed by atoms with Crippen LogP contribution in [-0.4, -0.2) is 30.5 Å². The molecular weight excluding hydrogens is 574 g/mol. The third kappa shape index (κ3) is 5.50. The number of nitrogens with zero attached hydrogens (tertiary/aromatic N) is 3. The number of hydrogen-bond donors (Lipinski definition) is 2. The number of ether oxygens (including phenoxy) is 1. The second kappa shape index (κ2) is 11.8. The number of nitrogens with one attached hydrogen (secondary N) is 2. The lowest BCUT2D eigenvalue weighted by molar-refractivity contribution is -0.384. The summed E-state index contributed by atoms with van der Waals surface area (Å²) in [6.45, 7) is 3.59. The number of para-hydroxylation sites is 2. The van der Waals surface area contributed by atoms with Crippen molar-refractivity contribution in [3.05, 3.63) is 174 Å². The average molecular weight is 602 g/mol. The van der Waals surface area contributed by atoms with E-state index in [1.807, 2.05) is 60.7 Å². The fraction of sp³-hybridized carbons (Fsp3) is 0.0882. The molecule has 45 heavy (non-hydrogen) atoms. The molecule has 224 valence electrons. The topological polar surface area (TPSA) is 145 Å². The number of benzene rings is 4. The van der Waals surface area contributed by atoms with Gasteiger partial charge in [0.15, 0.2) is 0 Å². The lowest BCUT2D eigenvalue weighted by Crippen LogP contribution is -2.25. The van der Waals surface area contributed by atoms with Crippen molar-refractivity contribution in [2.75, 3.05) is 0 Å². The Hall–Kier alpha value is -6.23. The van der Waals surface area contributed by atoms with E-state index < -0.39 is 16.8 Å². The second-order valence-corrected chi connectivity index (χ2v) is 10.4. The number of aromatic nitrogens is 4. The molecule has 2 N–H and O–H groups in total. The first-order valence-electron chi connectivity index (χ1n) is 14.0. The molecule has 11 heteroatoms. The van der Waals surface area contributed by atoms with Crippen LogP contribution in [-0.2, 0) is 0 Å². The summed E-state index contributed by atoms with van der Waals surface area (Å²) in [6.07, 6.45) is 0. The molecule has 0 unspecified atom stereocenters. The van der Waals surface area contributed by atoms with E-state index in [9.17, 15) is 24.5 Å². The van der Waals surface area contributed by atoms with Crippen molar-refractivity contribution in [2.45, 2.75) is 19.8 Å². The molecule has 6 rings (SSSR count). The van der Waals surface area contributed by atoms with Gasteiger partial charge in [-0.3, -0.25) is 29.9 Å². The normalized spacial score (nSPS) is 11.1. The van der Waals surface area contributed by atoms with Crippen LogP contribution in [0.15, 0.2) is 119 Å². The first kappa shape index (κ1) is 28.9. The molecule has 2 aromatic heterocycles. The van der Waals surface area contributed by atoms with Gasteiger partial charge in [-0.25, -0.2) is 14.2 Å². The van der Waals surface area contributed by atoms with Crippen molar-refractivity contribution < 1.29 is 14.5 Å². The highest BCUT2D eigenvalue weighted by Crippen LogP contribution is 2.33. The van der Waals surface area contributed by atoms with Crippen molar-refractivity contribution in [2.24, 2.45) is 0 Å². The van der Waals surface area contributed by atoms with E-state index >= 15 is 0 Å². The summed E-state index contributed by atoms with van der Waals surface area (Å²) in [6, 6.07) is 30.0. The van der Waals surface area contributed by atoms with Crippen LogP contribution in [0.5, 0.6) is 5.75 Å². The largest absolute Gasteiger partial charge is 0.423 e. The fourth-order valence-electron chi connectivity index (χ4n) is 5.41. The molecule has 4 aromatic carbocycles. The first-order chi connectivity index (χ1) is 21.7. The maximum atomic E-state index is 14.0. The predicted octanol–water partition coefficient (Wildman–Crippen LogP) is 5.57. The molecule has 0 saturated carbocycles. The number of hydrogen-bond acceptors (Lipinski definition) is 6. The number of nitro groups is 1. The average Bonchev–Trinajstić information content (AvgIpc) is 3.52. The molecule has 0 atom stereocenters. The molecule has 0 bridgehead atoms. The molecule has 0 aliphatic heterocycles. The highest BCUT2D eigenvalue weighted by atomic mass is 16.6. The van der Waals surface area contributed by atoms with Gasteiger partial charge in [0.2, 0.25) is 0 Å². The number of non-ortho nitro benzene ring substituents is 1. The van der Waals surface area contributed by atoms with Crippen LogP contribution >= 0.6 is 0 Å². The van der Waals surface area contributed by atoms with Crippen LogP contribution < -0.4 is 15.9 Å². The zero-order chi connectivity index (χ0) is 31.7. The maximum absolute atomic E-state index is 14.0. The second-order valence-electron chi connectivity index (χ2n) is 10.4. The maximum Gasteiger partial charge on any atom is 0.343 e. The van der Waals surface area contributed by atoms with E-state index in [1.54, 1.807) is 38.1 Å². The van der Waals surface area contributed by atoms with E-state index in [1.165, 1.54) is 33.6 Å². The van der Waals surface area contributed by atoms with E-state index in [2.05, 4.69) is 10.2 Å². The lowest BCUT2D eigenvalue weighted by atomic mass is 9.85. The van der Waals surface area contributed by atoms with Crippen molar-refractivity contribution in [1.82, 2.24) is 19.6 Å². The van der Waals surface area contributed by atoms with Gasteiger partial charge in [0.05, 0.1) is 33.0 Å². The predicted molar refractivity (Wildman–Crippen MR) is 168 cm³/mol. The standard InChI is InChI=1S/C34H27N5O6/c1-21-29(32(40)37(35-21)25-9-5-3-6-10-25)31(30-22(2)36-38(33(30)41)26-11-7-4-8-12-26)23-15-19-28(20-16-23)45-34(42)24-13-17-27(18-14-24)39(43)44/h3-20,31,35-36H,1-2H3. The highest BCUT2D eigenvalue weighted by molar-refractivity contribution is 5.91. The van der Waals surface area contributed by atoms with Crippen LogP contribution in [0.3, 0.4) is 0 Å². The zero-order valence-electron chi connectivity index (χ0n) is 24.3. The number of rotatable bonds is 8. The van der Waals surface area contributed by atoms with Gasteiger partial charge in [-0.15, -0.1) is 0 Å². The quantitative estimate of drug-likeness (QED) is 0.101. The Bertz CT molecular complexity index is 2030. The van der Waals surface area contributed by atoms with Gasteiger partial charge in [-0.05, 0) is 67.9 Å². The number of aryl methyl sites for hydroxylation is 2. The van der Waals surface area contributed by atoms with Crippen molar-refractivity contribution in [3.63, 3.8) is 0 Å². The molecule has 0 fully saturated rings. The Morgan fingerprint density at radius 2 is 1.18 bits per heavy atom. The minimum atomic E-state index is -0.771. The molecule has 0 saturated heterocycles. The van der Waals surface area contributed by atoms with Crippen LogP contribution in [0.2, 0.25) is 0 Å². The summed E-state index contributed by atoms with van der Waals surface area (Å²) in [7, 11) is 0. The third-order valence-corrected chi connectivity index (χ3v) is 7.58. The van der Waals surface area contributed by atoms with Crippen molar-refractivity contribution in [1.29, 1.82) is 0 Å². The van der Waals surface area contributed by atoms with Gasteiger partial charge in [0.1, 0.15) is 5.75 Å². The first-order valence-corrected chi connectivity index (χ1v) is 14.0. The minimum Gasteiger partial charge on any atom is -0.423 e. The monoisotopic (exact) mass is 601 g/mol. The number of carbonyl (C=O) groups excluding carboxylic acids is 1. The molecule has 0 aliphatic carbocycles. The Balaban J connectivity index is 1.43. The molecule has 6 aromatic rings. The summed E-state index contributed by atoms with van der Waals surface area (Å²) in [5, 5.41) is 17.3. The number of H-pyrrole nitrogens is 2. The summed E-state index contributed by atoms with van der Waals surface area (Å²) in [5.41, 5.74) is 3.31. The minimum absolute atomic E-state index is 0.139. The Morgan fingerprint density at radius 1 is 0.711 bits per heavy atom. The van der Waals surface area contributed by atoms with Crippen LogP contribution in [0, 0.1) is 24.0 Å². The third-order valence-electron chi connectivity index (χ3n) is 7.58. The van der Waals surface area contributed by atoms with E-state index in [0.717, 1.165) is 0 Å². The van der Waals surface area contributed by atoms with Gasteiger partial charge in [0.25, 0.3) is 16.8 Å². The number of aromatic amines is 2. The molecular formula is C34H27N5O6. The number of esters is 1. The van der Waals surface area contributed by atoms with Crippen LogP contribution in [0.25, 0.3) is 11.4 Å². The molecule has 0 spiro atoms. The van der Waals surface area contributed by atoms with Gasteiger partial charge in [-0.2, -0.15) is 0 Å². The molecule has 0 aliphatic rings. The van der Waals surface area contributed by atoms with Crippen LogP contribution in [0.1, 0.15) is 44.4 Å². The van der Waals surface area contributed by atoms with Crippen molar-refractivity contribution >= 4 is 11.7 Å². The van der Waals surface area contributed by atoms with Gasteiger partial charge >= 0.3 is 5.97 Å². The molecule has 11 nitrogen and oxygen atoms in total. The summed E-state index contributed by atoms with van der Waals surface area (Å²) < 4.78 is 8.42. The fourth-order valence-corrected chi connectivity index (χ4v) is 5.41. The smallest absolute Gasteiger partial charge is 0.343 e. The van der Waals surface area contributed by atoms with Gasteiger partial charge in [0, 0.05) is 29.4 Å². The Kier molecular flexibility index (Phi) is 7.57. The molecule has 0 amide bonds. The van der Waals surface area contributed by atoms with E-state index in [-0.39, 0.29) is 28.1 Å². The molecule has 2 heterocycles.